The number of fused-ring (bicyclic) bond motifs is 7. The molecule has 3 aromatic heterocycles. The lowest BCUT2D eigenvalue weighted by molar-refractivity contribution is -0.137. The minimum Gasteiger partial charge on any atom is -0.481 e. The monoisotopic (exact) mass is 554 g/mol. The van der Waals surface area contributed by atoms with Crippen molar-refractivity contribution in [1.29, 1.82) is 0 Å². The Morgan fingerprint density at radius 3 is 2.39 bits per heavy atom. The van der Waals surface area contributed by atoms with Crippen LogP contribution in [0.25, 0.3) is 23.8 Å². The van der Waals surface area contributed by atoms with E-state index in [1.807, 2.05) is 26.0 Å². The molecule has 0 radical (unpaired) electrons. The Morgan fingerprint density at radius 1 is 1.02 bits per heavy atom. The molecule has 2 aliphatic rings. The van der Waals surface area contributed by atoms with Crippen molar-refractivity contribution in [2.24, 2.45) is 16.8 Å². The van der Waals surface area contributed by atoms with E-state index in [0.717, 1.165) is 62.3 Å². The van der Waals surface area contributed by atoms with Gasteiger partial charge in [0, 0.05) is 69.4 Å². The molecule has 5 N–H and O–H groups in total. The van der Waals surface area contributed by atoms with Crippen molar-refractivity contribution >= 4 is 41.5 Å². The van der Waals surface area contributed by atoms with Gasteiger partial charge in [-0.3, -0.25) is 9.79 Å². The number of nitrogens with zero attached hydrogens (tertiary/aromatic N) is 1. The van der Waals surface area contributed by atoms with E-state index >= 15 is 0 Å². The van der Waals surface area contributed by atoms with E-state index in [-0.39, 0.29) is 23.8 Å². The summed E-state index contributed by atoms with van der Waals surface area (Å²) in [7, 11) is 0. The second kappa shape index (κ2) is 10.6. The lowest BCUT2D eigenvalue weighted by Crippen LogP contribution is -2.19. The van der Waals surface area contributed by atoms with Crippen LogP contribution in [0.2, 0.25) is 0 Å². The van der Waals surface area contributed by atoms with E-state index in [2.05, 4.69) is 55.3 Å². The summed E-state index contributed by atoms with van der Waals surface area (Å²) in [4.78, 5) is 39.9. The highest BCUT2D eigenvalue weighted by Gasteiger charge is 2.34. The van der Waals surface area contributed by atoms with E-state index in [1.165, 1.54) is 11.1 Å². The zero-order valence-corrected chi connectivity index (χ0v) is 24.6. The van der Waals surface area contributed by atoms with E-state index in [9.17, 15) is 19.8 Å². The maximum absolute atomic E-state index is 12.6. The number of aromatic amines is 3. The third kappa shape index (κ3) is 4.71. The molecule has 8 nitrogen and oxygen atoms in total. The maximum atomic E-state index is 12.6. The zero-order valence-electron chi connectivity index (χ0n) is 24.6. The predicted octanol–water partition coefficient (Wildman–Crippen LogP) is 5.02. The van der Waals surface area contributed by atoms with Crippen LogP contribution < -0.4 is 10.7 Å². The first-order valence-electron chi connectivity index (χ1n) is 14.2. The van der Waals surface area contributed by atoms with Gasteiger partial charge in [0.25, 0.3) is 0 Å². The van der Waals surface area contributed by atoms with Crippen LogP contribution in [0.4, 0.5) is 0 Å². The van der Waals surface area contributed by atoms with Gasteiger partial charge >= 0.3 is 11.9 Å². The number of nitrogens with one attached hydrogen (secondary N) is 3. The highest BCUT2D eigenvalue weighted by molar-refractivity contribution is 6.14. The lowest BCUT2D eigenvalue weighted by atomic mass is 9.84. The number of carboxylic acid groups (broad SMARTS) is 2. The number of H-pyrrole nitrogens is 3. The molecule has 0 amide bonds. The molecule has 5 rings (SSSR count). The predicted molar refractivity (Wildman–Crippen MR) is 163 cm³/mol. The molecular formula is C33H38N4O4. The quantitative estimate of drug-likeness (QED) is 0.293. The van der Waals surface area contributed by atoms with Gasteiger partial charge in [0.15, 0.2) is 0 Å². The number of aromatic nitrogens is 3. The first kappa shape index (κ1) is 28.2. The highest BCUT2D eigenvalue weighted by Crippen LogP contribution is 2.40. The maximum Gasteiger partial charge on any atom is 0.338 e. The largest absolute Gasteiger partial charge is 0.481 e. The second-order valence-corrected chi connectivity index (χ2v) is 11.3. The standard InChI is InChI=1S/C33H38N4O4/c1-8-20-15(3)23-12-25-17(5)22(10-11-29(38)39)31(36-25)19(7)32-30(33(40)41)18(6)26(37-32)14-28-21(9-2)16(4)24(35-28)13-27(20)34-23/h8,12-13,17,22,34-35,37H,1,9-11,14H2,2-7H3,(H,38,39)(H,40,41)/t17-,22-/m0/s1. The Labute approximate surface area is 239 Å². The van der Waals surface area contributed by atoms with Crippen molar-refractivity contribution in [2.45, 2.75) is 67.2 Å². The van der Waals surface area contributed by atoms with Crippen LogP contribution >= 0.6 is 0 Å². The first-order valence-corrected chi connectivity index (χ1v) is 14.2. The molecule has 0 fully saturated rings. The van der Waals surface area contributed by atoms with Gasteiger partial charge in [-0.2, -0.15) is 0 Å². The third-order valence-electron chi connectivity index (χ3n) is 9.03. The van der Waals surface area contributed by atoms with Crippen LogP contribution in [-0.4, -0.2) is 42.8 Å². The summed E-state index contributed by atoms with van der Waals surface area (Å²) in [5.41, 5.74) is 11.1. The minimum absolute atomic E-state index is 0.00467. The van der Waals surface area contributed by atoms with Gasteiger partial charge in [0.2, 0.25) is 0 Å². The van der Waals surface area contributed by atoms with Crippen LogP contribution in [0, 0.1) is 32.6 Å². The summed E-state index contributed by atoms with van der Waals surface area (Å²) >= 11 is 0. The molecule has 0 saturated carbocycles. The number of aliphatic carboxylic acids is 1. The van der Waals surface area contributed by atoms with Crippen molar-refractivity contribution in [2.75, 3.05) is 0 Å². The van der Waals surface area contributed by atoms with Crippen molar-refractivity contribution < 1.29 is 19.8 Å². The number of carbonyl (C=O) groups is 2. The summed E-state index contributed by atoms with van der Waals surface area (Å²) in [6.45, 7) is 16.2. The molecule has 0 spiro atoms. The summed E-state index contributed by atoms with van der Waals surface area (Å²) in [6, 6.07) is 0. The molecule has 41 heavy (non-hydrogen) atoms. The van der Waals surface area contributed by atoms with Gasteiger partial charge in [-0.15, -0.1) is 0 Å². The fourth-order valence-electron chi connectivity index (χ4n) is 6.59. The molecule has 0 saturated heterocycles. The molecule has 2 atom stereocenters. The smallest absolute Gasteiger partial charge is 0.338 e. The van der Waals surface area contributed by atoms with Gasteiger partial charge in [-0.25, -0.2) is 4.79 Å². The van der Waals surface area contributed by atoms with E-state index in [4.69, 9.17) is 4.99 Å². The van der Waals surface area contributed by atoms with Gasteiger partial charge in [0.1, 0.15) is 0 Å². The molecule has 0 unspecified atom stereocenters. The van der Waals surface area contributed by atoms with Crippen LogP contribution in [0.5, 0.6) is 0 Å². The average molecular weight is 555 g/mol. The van der Waals surface area contributed by atoms with Gasteiger partial charge in [-0.1, -0.05) is 26.5 Å². The summed E-state index contributed by atoms with van der Waals surface area (Å²) < 4.78 is 0. The molecule has 3 aromatic rings. The number of hydrogen-bond donors (Lipinski definition) is 5. The van der Waals surface area contributed by atoms with Gasteiger partial charge in [-0.05, 0) is 80.5 Å². The SMILES string of the molecule is C=Cc1c(C)c2[nH]c1=Cc1[nH]c(c(CC)c1C)Cc1[nH]c(c(C(=O)O)c1C)C(C)=C1N=C(C=2)[C@@H](C)[C@@H]1CCC(=O)O. The number of aliphatic imine (C=N–C) groups is 1. The van der Waals surface area contributed by atoms with E-state index < -0.39 is 11.9 Å². The molecular weight excluding hydrogens is 516 g/mol. The normalized spacial score (nSPS) is 18.1. The molecule has 214 valence electrons. The summed E-state index contributed by atoms with van der Waals surface area (Å²) in [6.07, 6.45) is 7.80. The van der Waals surface area contributed by atoms with Gasteiger partial charge < -0.3 is 25.2 Å². The number of allylic oxidation sites excluding steroid dienone is 2. The molecule has 8 heteroatoms. The Morgan fingerprint density at radius 2 is 1.76 bits per heavy atom. The first-order chi connectivity index (χ1) is 19.5. The van der Waals surface area contributed by atoms with Crippen LogP contribution in [0.3, 0.4) is 0 Å². The summed E-state index contributed by atoms with van der Waals surface area (Å²) in [5.74, 6) is -2.08. The van der Waals surface area contributed by atoms with Crippen molar-refractivity contribution in [1.82, 2.24) is 15.0 Å². The lowest BCUT2D eigenvalue weighted by Gasteiger charge is -2.18. The van der Waals surface area contributed by atoms with Crippen LogP contribution in [0.15, 0.2) is 17.3 Å². The zero-order chi connectivity index (χ0) is 29.7. The van der Waals surface area contributed by atoms with E-state index in [1.54, 1.807) is 0 Å². The third-order valence-corrected chi connectivity index (χ3v) is 9.03. The number of hydrogen-bond acceptors (Lipinski definition) is 3. The Bertz CT molecular complexity index is 1790. The Kier molecular flexibility index (Phi) is 7.28. The van der Waals surface area contributed by atoms with E-state index in [0.29, 0.717) is 24.1 Å². The Hall–Kier alpha value is -4.33. The second-order valence-electron chi connectivity index (χ2n) is 11.3. The van der Waals surface area contributed by atoms with Crippen molar-refractivity contribution in [3.63, 3.8) is 0 Å². The molecule has 2 aliphatic heterocycles. The van der Waals surface area contributed by atoms with Crippen LogP contribution in [-0.2, 0) is 17.6 Å². The molecule has 8 bridgehead atoms. The van der Waals surface area contributed by atoms with Crippen molar-refractivity contribution in [3.05, 3.63) is 79.1 Å². The Balaban J connectivity index is 1.87. The van der Waals surface area contributed by atoms with Crippen molar-refractivity contribution in [3.8, 4) is 0 Å². The highest BCUT2D eigenvalue weighted by atomic mass is 16.4. The average Bonchev–Trinajstić information content (AvgIpc) is 3.60. The molecule has 0 aliphatic carbocycles. The molecule has 5 heterocycles. The number of rotatable bonds is 6. The fraction of sp³-hybridized carbons (Fsp3) is 0.364. The topological polar surface area (TPSA) is 134 Å². The van der Waals surface area contributed by atoms with Crippen LogP contribution in [0.1, 0.15) is 94.6 Å². The summed E-state index contributed by atoms with van der Waals surface area (Å²) in [5, 5.41) is 21.6. The minimum atomic E-state index is -1.000. The number of carboxylic acids is 2. The fourth-order valence-corrected chi connectivity index (χ4v) is 6.59. The molecule has 0 aromatic carbocycles. The van der Waals surface area contributed by atoms with Gasteiger partial charge in [0.05, 0.1) is 11.3 Å². The number of aromatic carboxylic acids is 1.